The van der Waals surface area contributed by atoms with Gasteiger partial charge in [-0.2, -0.15) is 0 Å². The Morgan fingerprint density at radius 2 is 1.62 bits per heavy atom. The summed E-state index contributed by atoms with van der Waals surface area (Å²) < 4.78 is 16.8. The Hall–Kier alpha value is -2.49. The molecule has 0 spiro atoms. The molecule has 4 nitrogen and oxygen atoms in total. The van der Waals surface area contributed by atoms with Crippen molar-refractivity contribution in [3.05, 3.63) is 53.1 Å². The lowest BCUT2D eigenvalue weighted by Crippen LogP contribution is -2.06. The molecule has 0 aliphatic rings. The highest BCUT2D eigenvalue weighted by Crippen LogP contribution is 2.28. The Morgan fingerprint density at radius 1 is 0.917 bits per heavy atom. The highest BCUT2D eigenvalue weighted by atomic mass is 16.5. The Balaban J connectivity index is 1.84. The average Bonchev–Trinajstić information content (AvgIpc) is 2.57. The van der Waals surface area contributed by atoms with E-state index in [9.17, 15) is 4.79 Å². The van der Waals surface area contributed by atoms with Crippen LogP contribution in [0.5, 0.6) is 17.2 Å². The van der Waals surface area contributed by atoms with E-state index in [1.807, 2.05) is 19.9 Å². The standard InChI is InChI=1S/C20H24O4/c1-14-6-7-15(2)19(12-14)24-11-5-10-23-18-9-8-17(16(3)21)13-20(18)22-4/h6-9,12-13H,5,10-11H2,1-4H3. The lowest BCUT2D eigenvalue weighted by molar-refractivity contribution is 0.101. The van der Waals surface area contributed by atoms with Gasteiger partial charge in [-0.15, -0.1) is 0 Å². The van der Waals surface area contributed by atoms with Crippen LogP contribution in [0.25, 0.3) is 0 Å². The molecule has 2 aromatic carbocycles. The Labute approximate surface area is 143 Å². The average molecular weight is 328 g/mol. The summed E-state index contributed by atoms with van der Waals surface area (Å²) in [5.74, 6) is 2.12. The molecule has 0 atom stereocenters. The molecule has 0 unspecified atom stereocenters. The molecule has 128 valence electrons. The lowest BCUT2D eigenvalue weighted by Gasteiger charge is -2.13. The monoisotopic (exact) mass is 328 g/mol. The van der Waals surface area contributed by atoms with Crippen molar-refractivity contribution in [2.45, 2.75) is 27.2 Å². The van der Waals surface area contributed by atoms with E-state index in [4.69, 9.17) is 14.2 Å². The molecular weight excluding hydrogens is 304 g/mol. The van der Waals surface area contributed by atoms with Gasteiger partial charge in [0.25, 0.3) is 0 Å². The first-order chi connectivity index (χ1) is 11.5. The van der Waals surface area contributed by atoms with E-state index in [-0.39, 0.29) is 5.78 Å². The second kappa shape index (κ2) is 8.39. The number of aryl methyl sites for hydroxylation is 2. The fourth-order valence-electron chi connectivity index (χ4n) is 2.29. The molecule has 0 heterocycles. The van der Waals surface area contributed by atoms with Crippen molar-refractivity contribution < 1.29 is 19.0 Å². The zero-order valence-electron chi connectivity index (χ0n) is 14.7. The van der Waals surface area contributed by atoms with Crippen molar-refractivity contribution in [2.75, 3.05) is 20.3 Å². The molecule has 24 heavy (non-hydrogen) atoms. The molecule has 0 aromatic heterocycles. The van der Waals surface area contributed by atoms with Crippen LogP contribution in [0.4, 0.5) is 0 Å². The van der Waals surface area contributed by atoms with Crippen molar-refractivity contribution in [3.8, 4) is 17.2 Å². The van der Waals surface area contributed by atoms with Gasteiger partial charge in [-0.05, 0) is 56.2 Å². The summed E-state index contributed by atoms with van der Waals surface area (Å²) in [5, 5.41) is 0. The normalized spacial score (nSPS) is 10.3. The van der Waals surface area contributed by atoms with E-state index in [2.05, 4.69) is 12.1 Å². The summed E-state index contributed by atoms with van der Waals surface area (Å²) in [6, 6.07) is 11.4. The van der Waals surface area contributed by atoms with Crippen molar-refractivity contribution in [1.82, 2.24) is 0 Å². The minimum atomic E-state index is 0.00164. The number of ether oxygens (including phenoxy) is 3. The molecule has 4 heteroatoms. The van der Waals surface area contributed by atoms with Crippen LogP contribution >= 0.6 is 0 Å². The van der Waals surface area contributed by atoms with Crippen LogP contribution in [-0.4, -0.2) is 26.1 Å². The first-order valence-corrected chi connectivity index (χ1v) is 8.03. The number of carbonyl (C=O) groups is 1. The summed E-state index contributed by atoms with van der Waals surface area (Å²) in [6.45, 7) is 6.71. The number of hydrogen-bond donors (Lipinski definition) is 0. The largest absolute Gasteiger partial charge is 0.493 e. The minimum Gasteiger partial charge on any atom is -0.493 e. The van der Waals surface area contributed by atoms with E-state index < -0.39 is 0 Å². The molecule has 2 aromatic rings. The zero-order chi connectivity index (χ0) is 17.5. The van der Waals surface area contributed by atoms with Crippen LogP contribution in [0.1, 0.15) is 34.8 Å². The van der Waals surface area contributed by atoms with Crippen molar-refractivity contribution in [3.63, 3.8) is 0 Å². The maximum atomic E-state index is 11.4. The number of Topliss-reactive ketones (excluding diaryl/α,β-unsaturated/α-hetero) is 1. The van der Waals surface area contributed by atoms with Crippen LogP contribution in [0.2, 0.25) is 0 Å². The minimum absolute atomic E-state index is 0.00164. The third-order valence-corrected chi connectivity index (χ3v) is 3.72. The second-order valence-corrected chi connectivity index (χ2v) is 5.74. The predicted molar refractivity (Wildman–Crippen MR) is 94.5 cm³/mol. The number of methoxy groups -OCH3 is 1. The fourth-order valence-corrected chi connectivity index (χ4v) is 2.29. The molecule has 0 N–H and O–H groups in total. The van der Waals surface area contributed by atoms with Crippen LogP contribution in [0, 0.1) is 13.8 Å². The summed E-state index contributed by atoms with van der Waals surface area (Å²) >= 11 is 0. The van der Waals surface area contributed by atoms with Crippen LogP contribution in [0.15, 0.2) is 36.4 Å². The molecule has 2 rings (SSSR count). The van der Waals surface area contributed by atoms with E-state index in [1.165, 1.54) is 12.5 Å². The molecule has 0 fully saturated rings. The Bertz CT molecular complexity index is 707. The molecular formula is C20H24O4. The second-order valence-electron chi connectivity index (χ2n) is 5.74. The van der Waals surface area contributed by atoms with Crippen LogP contribution in [0.3, 0.4) is 0 Å². The van der Waals surface area contributed by atoms with Gasteiger partial charge in [0.1, 0.15) is 5.75 Å². The van der Waals surface area contributed by atoms with Crippen molar-refractivity contribution in [2.24, 2.45) is 0 Å². The first kappa shape index (κ1) is 17.9. The molecule has 0 saturated carbocycles. The highest BCUT2D eigenvalue weighted by molar-refractivity contribution is 5.94. The van der Waals surface area contributed by atoms with Gasteiger partial charge >= 0.3 is 0 Å². The van der Waals surface area contributed by atoms with E-state index in [0.717, 1.165) is 17.7 Å². The summed E-state index contributed by atoms with van der Waals surface area (Å²) in [6.07, 6.45) is 0.755. The maximum absolute atomic E-state index is 11.4. The smallest absolute Gasteiger partial charge is 0.161 e. The van der Waals surface area contributed by atoms with Gasteiger partial charge < -0.3 is 14.2 Å². The number of benzene rings is 2. The van der Waals surface area contributed by atoms with Crippen LogP contribution in [-0.2, 0) is 0 Å². The fraction of sp³-hybridized carbons (Fsp3) is 0.350. The number of hydrogen-bond acceptors (Lipinski definition) is 4. The van der Waals surface area contributed by atoms with Crippen molar-refractivity contribution >= 4 is 5.78 Å². The summed E-state index contributed by atoms with van der Waals surface area (Å²) in [7, 11) is 1.57. The van der Waals surface area contributed by atoms with Gasteiger partial charge in [0.15, 0.2) is 17.3 Å². The van der Waals surface area contributed by atoms with E-state index in [0.29, 0.717) is 30.3 Å². The van der Waals surface area contributed by atoms with Gasteiger partial charge in [0.05, 0.1) is 20.3 Å². The third kappa shape index (κ3) is 4.75. The van der Waals surface area contributed by atoms with Gasteiger partial charge in [0, 0.05) is 12.0 Å². The van der Waals surface area contributed by atoms with Crippen molar-refractivity contribution in [1.29, 1.82) is 0 Å². The van der Waals surface area contributed by atoms with Gasteiger partial charge in [-0.3, -0.25) is 4.79 Å². The van der Waals surface area contributed by atoms with E-state index in [1.54, 1.807) is 25.3 Å². The topological polar surface area (TPSA) is 44.8 Å². The highest BCUT2D eigenvalue weighted by Gasteiger charge is 2.08. The van der Waals surface area contributed by atoms with Gasteiger partial charge in [-0.25, -0.2) is 0 Å². The molecule has 0 aliphatic carbocycles. The number of rotatable bonds is 8. The third-order valence-electron chi connectivity index (χ3n) is 3.72. The van der Waals surface area contributed by atoms with Crippen LogP contribution < -0.4 is 14.2 Å². The summed E-state index contributed by atoms with van der Waals surface area (Å²) in [4.78, 5) is 11.4. The maximum Gasteiger partial charge on any atom is 0.161 e. The van der Waals surface area contributed by atoms with Gasteiger partial charge in [0.2, 0.25) is 0 Å². The zero-order valence-corrected chi connectivity index (χ0v) is 14.7. The SMILES string of the molecule is COc1cc(C(C)=O)ccc1OCCCOc1cc(C)ccc1C. The Morgan fingerprint density at radius 3 is 2.29 bits per heavy atom. The quantitative estimate of drug-likeness (QED) is 0.533. The predicted octanol–water partition coefficient (Wildman–Crippen LogP) is 4.36. The Kier molecular flexibility index (Phi) is 6.24. The molecule has 0 amide bonds. The lowest BCUT2D eigenvalue weighted by atomic mass is 10.1. The molecule has 0 saturated heterocycles. The first-order valence-electron chi connectivity index (χ1n) is 8.03. The number of ketones is 1. The molecule has 0 bridgehead atoms. The van der Waals surface area contributed by atoms with E-state index >= 15 is 0 Å². The molecule has 0 radical (unpaired) electrons. The molecule has 0 aliphatic heterocycles. The summed E-state index contributed by atoms with van der Waals surface area (Å²) in [5.41, 5.74) is 2.92. The van der Waals surface area contributed by atoms with Gasteiger partial charge in [-0.1, -0.05) is 12.1 Å². The number of carbonyl (C=O) groups excluding carboxylic acids is 1.